The minimum Gasteiger partial charge on any atom is -0.478 e. The minimum absolute atomic E-state index is 0.149. The fraction of sp³-hybridized carbons (Fsp3) is 0.417. The van der Waals surface area contributed by atoms with E-state index >= 15 is 0 Å². The number of hydrogen-bond donors (Lipinski definition) is 2. The molecule has 31 heavy (non-hydrogen) atoms. The molecule has 1 saturated heterocycles. The summed E-state index contributed by atoms with van der Waals surface area (Å²) in [5.74, 6) is -1.31. The van der Waals surface area contributed by atoms with Crippen LogP contribution >= 0.6 is 11.6 Å². The molecule has 164 valence electrons. The molecule has 0 atom stereocenters. The van der Waals surface area contributed by atoms with Crippen molar-refractivity contribution in [1.29, 1.82) is 0 Å². The average molecular weight is 442 g/mol. The summed E-state index contributed by atoms with van der Waals surface area (Å²) < 4.78 is 0. The van der Waals surface area contributed by atoms with Gasteiger partial charge in [-0.05, 0) is 55.3 Å². The van der Waals surface area contributed by atoms with Gasteiger partial charge in [0, 0.05) is 42.8 Å². The van der Waals surface area contributed by atoms with E-state index in [1.807, 2.05) is 0 Å². The highest BCUT2D eigenvalue weighted by Crippen LogP contribution is 2.30. The number of halogens is 1. The van der Waals surface area contributed by atoms with Gasteiger partial charge in [0.1, 0.15) is 0 Å². The van der Waals surface area contributed by atoms with E-state index in [-0.39, 0.29) is 11.5 Å². The van der Waals surface area contributed by atoms with E-state index in [0.29, 0.717) is 22.3 Å². The number of hydrogen-bond acceptors (Lipinski definition) is 4. The molecule has 2 aliphatic rings. The van der Waals surface area contributed by atoms with Crippen molar-refractivity contribution in [3.05, 3.63) is 58.6 Å². The number of carbonyl (C=O) groups excluding carboxylic acids is 1. The molecule has 1 aliphatic heterocycles. The van der Waals surface area contributed by atoms with Gasteiger partial charge in [0.05, 0.1) is 16.9 Å². The Morgan fingerprint density at radius 3 is 2.19 bits per heavy atom. The van der Waals surface area contributed by atoms with Gasteiger partial charge in [0.2, 0.25) is 0 Å². The maximum absolute atomic E-state index is 12.8. The maximum atomic E-state index is 12.8. The molecule has 2 N–H and O–H groups in total. The summed E-state index contributed by atoms with van der Waals surface area (Å²) >= 11 is 5.92. The molecule has 0 aromatic heterocycles. The molecule has 0 spiro atoms. The second-order valence-electron chi connectivity index (χ2n) is 8.31. The molecule has 0 unspecified atom stereocenters. The third-order valence-corrected chi connectivity index (χ3v) is 6.60. The van der Waals surface area contributed by atoms with E-state index in [1.165, 1.54) is 32.1 Å². The molecular formula is C24H28ClN3O3. The SMILES string of the molecule is O=C(O)c1ccc(N2CCN(C3CCCCC3)CC2)c(NC(=O)c2ccc(Cl)cc2)c1. The Kier molecular flexibility index (Phi) is 6.78. The Morgan fingerprint density at radius 2 is 1.55 bits per heavy atom. The van der Waals surface area contributed by atoms with Crippen LogP contribution in [-0.2, 0) is 0 Å². The number of anilines is 2. The molecule has 1 saturated carbocycles. The molecule has 7 heteroatoms. The summed E-state index contributed by atoms with van der Waals surface area (Å²) in [6.45, 7) is 3.67. The van der Waals surface area contributed by atoms with Crippen molar-refractivity contribution in [2.45, 2.75) is 38.1 Å². The minimum atomic E-state index is -1.02. The summed E-state index contributed by atoms with van der Waals surface area (Å²) in [5.41, 5.74) is 2.00. The van der Waals surface area contributed by atoms with Crippen molar-refractivity contribution in [1.82, 2.24) is 4.90 Å². The molecule has 4 rings (SSSR count). The highest BCUT2D eigenvalue weighted by Gasteiger charge is 2.26. The van der Waals surface area contributed by atoms with Crippen LogP contribution in [-0.4, -0.2) is 54.1 Å². The van der Waals surface area contributed by atoms with Crippen molar-refractivity contribution in [2.24, 2.45) is 0 Å². The average Bonchev–Trinajstić information content (AvgIpc) is 2.80. The summed E-state index contributed by atoms with van der Waals surface area (Å²) in [5, 5.41) is 12.9. The lowest BCUT2D eigenvalue weighted by molar-refractivity contribution is 0.0696. The lowest BCUT2D eigenvalue weighted by atomic mass is 9.94. The number of carboxylic acid groups (broad SMARTS) is 1. The maximum Gasteiger partial charge on any atom is 0.335 e. The van der Waals surface area contributed by atoms with Crippen molar-refractivity contribution in [2.75, 3.05) is 36.4 Å². The van der Waals surface area contributed by atoms with Crippen LogP contribution in [0.15, 0.2) is 42.5 Å². The molecule has 0 bridgehead atoms. The van der Waals surface area contributed by atoms with E-state index in [4.69, 9.17) is 11.6 Å². The zero-order valence-corrected chi connectivity index (χ0v) is 18.3. The summed E-state index contributed by atoms with van der Waals surface area (Å²) in [7, 11) is 0. The Hall–Kier alpha value is -2.57. The van der Waals surface area contributed by atoms with E-state index < -0.39 is 5.97 Å². The number of nitrogens with zero attached hydrogens (tertiary/aromatic N) is 2. The van der Waals surface area contributed by atoms with Gasteiger partial charge in [0.15, 0.2) is 0 Å². The largest absolute Gasteiger partial charge is 0.478 e. The van der Waals surface area contributed by atoms with Crippen LogP contribution in [0.2, 0.25) is 5.02 Å². The van der Waals surface area contributed by atoms with Crippen LogP contribution in [0, 0.1) is 0 Å². The van der Waals surface area contributed by atoms with Crippen LogP contribution < -0.4 is 10.2 Å². The first-order chi connectivity index (χ1) is 15.0. The van der Waals surface area contributed by atoms with Crippen molar-refractivity contribution in [3.8, 4) is 0 Å². The van der Waals surface area contributed by atoms with Crippen LogP contribution in [0.25, 0.3) is 0 Å². The summed E-state index contributed by atoms with van der Waals surface area (Å²) in [6.07, 6.45) is 6.57. The van der Waals surface area contributed by atoms with Gasteiger partial charge in [-0.15, -0.1) is 0 Å². The summed E-state index contributed by atoms with van der Waals surface area (Å²) in [6, 6.07) is 12.3. The fourth-order valence-electron chi connectivity index (χ4n) is 4.61. The van der Waals surface area contributed by atoms with E-state index in [9.17, 15) is 14.7 Å². The molecule has 1 amide bonds. The molecule has 1 heterocycles. The van der Waals surface area contributed by atoms with Gasteiger partial charge in [-0.1, -0.05) is 30.9 Å². The fourth-order valence-corrected chi connectivity index (χ4v) is 4.74. The monoisotopic (exact) mass is 441 g/mol. The molecule has 2 aromatic carbocycles. The van der Waals surface area contributed by atoms with Crippen molar-refractivity contribution < 1.29 is 14.7 Å². The predicted octanol–water partition coefficient (Wildman–Crippen LogP) is 4.75. The first-order valence-electron chi connectivity index (χ1n) is 10.9. The van der Waals surface area contributed by atoms with Gasteiger partial charge in [-0.2, -0.15) is 0 Å². The van der Waals surface area contributed by atoms with Gasteiger partial charge in [-0.3, -0.25) is 9.69 Å². The number of rotatable bonds is 5. The topological polar surface area (TPSA) is 72.9 Å². The van der Waals surface area contributed by atoms with Crippen LogP contribution in [0.1, 0.15) is 52.8 Å². The highest BCUT2D eigenvalue weighted by molar-refractivity contribution is 6.30. The molecular weight excluding hydrogens is 414 g/mol. The number of amides is 1. The zero-order valence-electron chi connectivity index (χ0n) is 17.5. The molecule has 6 nitrogen and oxygen atoms in total. The normalized spacial score (nSPS) is 18.0. The third kappa shape index (κ3) is 5.20. The zero-order chi connectivity index (χ0) is 21.8. The Morgan fingerprint density at radius 1 is 0.903 bits per heavy atom. The molecule has 2 fully saturated rings. The van der Waals surface area contributed by atoms with E-state index in [1.54, 1.807) is 42.5 Å². The first kappa shape index (κ1) is 21.7. The first-order valence-corrected chi connectivity index (χ1v) is 11.3. The van der Waals surface area contributed by atoms with Gasteiger partial charge >= 0.3 is 5.97 Å². The highest BCUT2D eigenvalue weighted by atomic mass is 35.5. The summed E-state index contributed by atoms with van der Waals surface area (Å²) in [4.78, 5) is 29.1. The number of nitrogens with one attached hydrogen (secondary N) is 1. The van der Waals surface area contributed by atoms with Gasteiger partial charge < -0.3 is 15.3 Å². The lowest BCUT2D eigenvalue weighted by Crippen LogP contribution is -2.51. The van der Waals surface area contributed by atoms with Crippen LogP contribution in [0.5, 0.6) is 0 Å². The Labute approximate surface area is 187 Å². The van der Waals surface area contributed by atoms with Crippen LogP contribution in [0.4, 0.5) is 11.4 Å². The quantitative estimate of drug-likeness (QED) is 0.700. The van der Waals surface area contributed by atoms with Gasteiger partial charge in [0.25, 0.3) is 5.91 Å². The van der Waals surface area contributed by atoms with Crippen LogP contribution in [0.3, 0.4) is 0 Å². The third-order valence-electron chi connectivity index (χ3n) is 6.34. The molecule has 2 aromatic rings. The van der Waals surface area contributed by atoms with E-state index in [0.717, 1.165) is 31.9 Å². The second kappa shape index (κ2) is 9.71. The standard InChI is InChI=1S/C24H28ClN3O3/c25-19-9-6-17(7-10-19)23(29)26-21-16-18(24(30)31)8-11-22(21)28-14-12-27(13-15-28)20-4-2-1-3-5-20/h6-11,16,20H,1-5,12-15H2,(H,26,29)(H,30,31). The van der Waals surface area contributed by atoms with E-state index in [2.05, 4.69) is 15.1 Å². The Balaban J connectivity index is 1.51. The van der Waals surface area contributed by atoms with Crippen molar-refractivity contribution >= 4 is 34.9 Å². The number of aromatic carboxylic acids is 1. The molecule has 0 radical (unpaired) electrons. The number of benzene rings is 2. The lowest BCUT2D eigenvalue weighted by Gasteiger charge is -2.42. The molecule has 1 aliphatic carbocycles. The predicted molar refractivity (Wildman–Crippen MR) is 123 cm³/mol. The van der Waals surface area contributed by atoms with Crippen molar-refractivity contribution in [3.63, 3.8) is 0 Å². The van der Waals surface area contributed by atoms with Gasteiger partial charge in [-0.25, -0.2) is 4.79 Å². The second-order valence-corrected chi connectivity index (χ2v) is 8.75. The number of piperazine rings is 1. The smallest absolute Gasteiger partial charge is 0.335 e. The number of carbonyl (C=O) groups is 2. The Bertz CT molecular complexity index is 934. The number of carboxylic acids is 1.